The van der Waals surface area contributed by atoms with E-state index in [0.717, 1.165) is 49.2 Å². The van der Waals surface area contributed by atoms with E-state index in [9.17, 15) is 19.4 Å². The van der Waals surface area contributed by atoms with Crippen molar-refractivity contribution in [3.8, 4) is 0 Å². The molecule has 2 fully saturated rings. The van der Waals surface area contributed by atoms with Crippen molar-refractivity contribution < 1.29 is 29.0 Å². The van der Waals surface area contributed by atoms with E-state index in [2.05, 4.69) is 19.5 Å². The van der Waals surface area contributed by atoms with E-state index in [-0.39, 0.29) is 28.9 Å². The molecule has 2 aromatic rings. The molecule has 174 valence electrons. The standard InChI is InChI=1S/C20H21FN6O5S/c21-15-5-13-16(28)14(19(29)30)8-27(20-22-10-23-33-20)17(13)24-18(15)26-6-11(7-26)25-32-9-12-3-1-2-4-31-12/h5,8,10,12,16,28H,1-4,6-7,9H2,(H,29,30)/t12-,16?/m0/s1. The lowest BCUT2D eigenvalue weighted by Crippen LogP contribution is -2.48. The van der Waals surface area contributed by atoms with Crippen LogP contribution >= 0.6 is 11.5 Å². The zero-order chi connectivity index (χ0) is 22.9. The number of carboxylic acid groups (broad SMARTS) is 1. The Bertz CT molecular complexity index is 1100. The summed E-state index contributed by atoms with van der Waals surface area (Å²) in [5, 5.41) is 24.4. The van der Waals surface area contributed by atoms with Crippen LogP contribution in [0.15, 0.2) is 29.3 Å². The maximum Gasteiger partial charge on any atom is 0.336 e. The fourth-order valence-electron chi connectivity index (χ4n) is 3.88. The first kappa shape index (κ1) is 21.7. The number of carboxylic acids is 1. The molecule has 3 aliphatic heterocycles. The number of aliphatic hydroxyl groups is 1. The van der Waals surface area contributed by atoms with Gasteiger partial charge >= 0.3 is 5.97 Å². The summed E-state index contributed by atoms with van der Waals surface area (Å²) in [6.07, 6.45) is 4.22. The average molecular weight is 476 g/mol. The topological polar surface area (TPSA) is 134 Å². The summed E-state index contributed by atoms with van der Waals surface area (Å²) in [6.45, 7) is 1.81. The minimum absolute atomic E-state index is 0.0385. The van der Waals surface area contributed by atoms with Crippen molar-refractivity contribution in [1.29, 1.82) is 0 Å². The number of nitrogens with zero attached hydrogens (tertiary/aromatic N) is 6. The molecule has 0 aromatic carbocycles. The molecule has 0 amide bonds. The van der Waals surface area contributed by atoms with Crippen molar-refractivity contribution in [1.82, 2.24) is 14.3 Å². The molecule has 0 spiro atoms. The molecule has 0 saturated carbocycles. The number of halogens is 1. The molecular formula is C20H21FN6O5S. The predicted octanol–water partition coefficient (Wildman–Crippen LogP) is 1.99. The maximum absolute atomic E-state index is 14.9. The molecule has 2 aromatic heterocycles. The molecule has 2 N–H and O–H groups in total. The van der Waals surface area contributed by atoms with Gasteiger partial charge in [0.1, 0.15) is 24.9 Å². The lowest BCUT2D eigenvalue weighted by atomic mass is 9.99. The number of pyridine rings is 1. The van der Waals surface area contributed by atoms with Crippen LogP contribution in [-0.2, 0) is 14.4 Å². The van der Waals surface area contributed by atoms with E-state index in [1.165, 1.54) is 17.4 Å². The van der Waals surface area contributed by atoms with Gasteiger partial charge in [-0.2, -0.15) is 4.37 Å². The molecule has 13 heteroatoms. The van der Waals surface area contributed by atoms with Crippen molar-refractivity contribution in [2.24, 2.45) is 5.16 Å². The largest absolute Gasteiger partial charge is 0.478 e. The van der Waals surface area contributed by atoms with Crippen molar-refractivity contribution >= 4 is 40.0 Å². The summed E-state index contributed by atoms with van der Waals surface area (Å²) in [5.41, 5.74) is 0.472. The molecule has 5 heterocycles. The van der Waals surface area contributed by atoms with E-state index in [4.69, 9.17) is 9.57 Å². The van der Waals surface area contributed by atoms with Gasteiger partial charge in [-0.3, -0.25) is 4.90 Å². The molecule has 0 bridgehead atoms. The van der Waals surface area contributed by atoms with Gasteiger partial charge in [-0.15, -0.1) is 0 Å². The molecule has 33 heavy (non-hydrogen) atoms. The van der Waals surface area contributed by atoms with Crippen LogP contribution in [0.3, 0.4) is 0 Å². The third-order valence-electron chi connectivity index (χ3n) is 5.63. The van der Waals surface area contributed by atoms with Crippen LogP contribution < -0.4 is 9.80 Å². The van der Waals surface area contributed by atoms with Crippen LogP contribution in [0.4, 0.5) is 21.2 Å². The average Bonchev–Trinajstić information content (AvgIpc) is 3.31. The highest BCUT2D eigenvalue weighted by Gasteiger charge is 2.36. The first-order chi connectivity index (χ1) is 16.0. The van der Waals surface area contributed by atoms with E-state index in [1.807, 2.05) is 0 Å². The monoisotopic (exact) mass is 476 g/mol. The number of oxime groups is 1. The molecule has 11 nitrogen and oxygen atoms in total. The number of aliphatic carboxylic acids is 1. The van der Waals surface area contributed by atoms with Crippen molar-refractivity contribution in [2.45, 2.75) is 31.5 Å². The van der Waals surface area contributed by atoms with Crippen LogP contribution in [0, 0.1) is 5.82 Å². The number of hydrogen-bond donors (Lipinski definition) is 2. The van der Waals surface area contributed by atoms with Gasteiger partial charge in [0.05, 0.1) is 30.5 Å². The molecule has 0 aliphatic carbocycles. The number of hydrogen-bond acceptors (Lipinski definition) is 11. The number of aromatic nitrogens is 3. The maximum atomic E-state index is 14.9. The number of anilines is 3. The fourth-order valence-corrected chi connectivity index (χ4v) is 4.39. The summed E-state index contributed by atoms with van der Waals surface area (Å²) >= 11 is 1.02. The van der Waals surface area contributed by atoms with E-state index >= 15 is 0 Å². The van der Waals surface area contributed by atoms with E-state index in [0.29, 0.717) is 24.8 Å². The highest BCUT2D eigenvalue weighted by Crippen LogP contribution is 2.41. The van der Waals surface area contributed by atoms with Crippen molar-refractivity contribution in [2.75, 3.05) is 36.1 Å². The summed E-state index contributed by atoms with van der Waals surface area (Å²) in [6, 6.07) is 1.11. The van der Waals surface area contributed by atoms with Gasteiger partial charge in [-0.25, -0.2) is 19.2 Å². The summed E-state index contributed by atoms with van der Waals surface area (Å²) in [4.78, 5) is 28.6. The predicted molar refractivity (Wildman–Crippen MR) is 116 cm³/mol. The molecular weight excluding hydrogens is 455 g/mol. The summed E-state index contributed by atoms with van der Waals surface area (Å²) in [7, 11) is 0. The van der Waals surface area contributed by atoms with Crippen LogP contribution in [0.2, 0.25) is 0 Å². The van der Waals surface area contributed by atoms with Gasteiger partial charge in [0.15, 0.2) is 11.6 Å². The van der Waals surface area contributed by atoms with Crippen molar-refractivity contribution in [3.05, 3.63) is 35.5 Å². The van der Waals surface area contributed by atoms with Gasteiger partial charge < -0.3 is 24.7 Å². The smallest absolute Gasteiger partial charge is 0.336 e. The van der Waals surface area contributed by atoms with Gasteiger partial charge in [-0.1, -0.05) is 5.16 Å². The van der Waals surface area contributed by atoms with Crippen LogP contribution in [0.1, 0.15) is 30.9 Å². The molecule has 2 atom stereocenters. The number of ether oxygens (including phenoxy) is 1. The number of fused-ring (bicyclic) bond motifs is 1. The number of rotatable bonds is 6. The molecule has 3 aliphatic rings. The molecule has 1 unspecified atom stereocenters. The van der Waals surface area contributed by atoms with Gasteiger partial charge in [0.25, 0.3) is 0 Å². The van der Waals surface area contributed by atoms with Gasteiger partial charge in [0.2, 0.25) is 5.13 Å². The number of carbonyl (C=O) groups is 1. The van der Waals surface area contributed by atoms with Gasteiger partial charge in [-0.05, 0) is 25.3 Å². The van der Waals surface area contributed by atoms with Crippen LogP contribution in [-0.4, -0.2) is 68.6 Å². The lowest BCUT2D eigenvalue weighted by Gasteiger charge is -2.35. The van der Waals surface area contributed by atoms with Crippen LogP contribution in [0.25, 0.3) is 0 Å². The minimum Gasteiger partial charge on any atom is -0.478 e. The Labute approximate surface area is 191 Å². The Hall–Kier alpha value is -3.16. The Balaban J connectivity index is 1.34. The minimum atomic E-state index is -1.53. The van der Waals surface area contributed by atoms with E-state index in [1.54, 1.807) is 4.90 Å². The van der Waals surface area contributed by atoms with Crippen molar-refractivity contribution in [3.63, 3.8) is 0 Å². The Morgan fingerprint density at radius 2 is 2.21 bits per heavy atom. The van der Waals surface area contributed by atoms with E-state index < -0.39 is 17.9 Å². The zero-order valence-corrected chi connectivity index (χ0v) is 18.2. The molecule has 0 radical (unpaired) electrons. The highest BCUT2D eigenvalue weighted by molar-refractivity contribution is 7.09. The molecule has 5 rings (SSSR count). The quantitative estimate of drug-likeness (QED) is 0.596. The summed E-state index contributed by atoms with van der Waals surface area (Å²) < 4.78 is 24.5. The Kier molecular flexibility index (Phi) is 5.91. The Morgan fingerprint density at radius 3 is 2.91 bits per heavy atom. The second-order valence-corrected chi connectivity index (χ2v) is 8.65. The summed E-state index contributed by atoms with van der Waals surface area (Å²) in [5.74, 6) is -1.74. The highest BCUT2D eigenvalue weighted by atomic mass is 32.1. The molecule has 2 saturated heterocycles. The first-order valence-corrected chi connectivity index (χ1v) is 11.2. The lowest BCUT2D eigenvalue weighted by molar-refractivity contribution is -0.133. The first-order valence-electron chi connectivity index (χ1n) is 10.4. The fraction of sp³-hybridized carbons (Fsp3) is 0.450. The Morgan fingerprint density at radius 1 is 1.36 bits per heavy atom. The second-order valence-electron chi connectivity index (χ2n) is 7.89. The second kappa shape index (κ2) is 9.00. The van der Waals surface area contributed by atoms with Gasteiger partial charge in [0, 0.05) is 29.9 Å². The zero-order valence-electron chi connectivity index (χ0n) is 17.4. The third-order valence-corrected chi connectivity index (χ3v) is 6.29. The SMILES string of the molecule is O=C(O)C1=CN(c2ncns2)c2nc(N3CC(=NOC[C@@H]4CCCCO4)C3)c(F)cc2C1O. The van der Waals surface area contributed by atoms with Crippen LogP contribution in [0.5, 0.6) is 0 Å². The third kappa shape index (κ3) is 4.26. The number of aliphatic hydroxyl groups excluding tert-OH is 1. The normalized spacial score (nSPS) is 22.4.